The van der Waals surface area contributed by atoms with Gasteiger partial charge in [0.1, 0.15) is 0 Å². The Bertz CT molecular complexity index is 536. The van der Waals surface area contributed by atoms with E-state index in [0.29, 0.717) is 11.4 Å². The van der Waals surface area contributed by atoms with Crippen molar-refractivity contribution in [3.63, 3.8) is 0 Å². The number of nitrogens with zero attached hydrogens (tertiary/aromatic N) is 1. The summed E-state index contributed by atoms with van der Waals surface area (Å²) in [5, 5.41) is 0. The first-order valence-electron chi connectivity index (χ1n) is 6.24. The third kappa shape index (κ3) is 2.30. The van der Waals surface area contributed by atoms with E-state index in [1.807, 2.05) is 19.1 Å². The molecule has 18 heavy (non-hydrogen) atoms. The summed E-state index contributed by atoms with van der Waals surface area (Å²) in [5.74, 6) is 0. The van der Waals surface area contributed by atoms with Gasteiger partial charge in [0.2, 0.25) is 10.0 Å². The summed E-state index contributed by atoms with van der Waals surface area (Å²) in [4.78, 5) is 0.389. The van der Waals surface area contributed by atoms with Crippen LogP contribution < -0.4 is 5.73 Å². The third-order valence-electron chi connectivity index (χ3n) is 3.73. The molecule has 1 fully saturated rings. The summed E-state index contributed by atoms with van der Waals surface area (Å²) in [6, 6.07) is 5.55. The molecule has 1 aliphatic rings. The van der Waals surface area contributed by atoms with Gasteiger partial charge in [-0.2, -0.15) is 4.31 Å². The van der Waals surface area contributed by atoms with Crippen molar-refractivity contribution in [2.24, 2.45) is 5.73 Å². The Morgan fingerprint density at radius 3 is 2.56 bits per heavy atom. The highest BCUT2D eigenvalue weighted by Crippen LogP contribution is 2.29. The Morgan fingerprint density at radius 1 is 1.39 bits per heavy atom. The van der Waals surface area contributed by atoms with Gasteiger partial charge in [-0.15, -0.1) is 0 Å². The van der Waals surface area contributed by atoms with Crippen molar-refractivity contribution < 1.29 is 8.42 Å². The number of hydrogen-bond acceptors (Lipinski definition) is 3. The van der Waals surface area contributed by atoms with Gasteiger partial charge in [0.15, 0.2) is 0 Å². The number of benzene rings is 1. The van der Waals surface area contributed by atoms with E-state index in [0.717, 1.165) is 30.4 Å². The Labute approximate surface area is 109 Å². The molecule has 0 aliphatic heterocycles. The molecule has 5 heteroatoms. The van der Waals surface area contributed by atoms with Gasteiger partial charge in [0.05, 0.1) is 4.90 Å². The highest BCUT2D eigenvalue weighted by Gasteiger charge is 2.32. The SMILES string of the molecule is Cc1ccc(CN)cc1S(=O)(=O)N(C)C1CCC1. The first kappa shape index (κ1) is 13.5. The fourth-order valence-corrected chi connectivity index (χ4v) is 3.84. The van der Waals surface area contributed by atoms with Gasteiger partial charge in [0.25, 0.3) is 0 Å². The molecule has 2 N–H and O–H groups in total. The van der Waals surface area contributed by atoms with Crippen LogP contribution in [0.1, 0.15) is 30.4 Å². The van der Waals surface area contributed by atoms with Crippen LogP contribution in [0.4, 0.5) is 0 Å². The van der Waals surface area contributed by atoms with Crippen molar-refractivity contribution in [1.29, 1.82) is 0 Å². The van der Waals surface area contributed by atoms with E-state index >= 15 is 0 Å². The molecule has 0 bridgehead atoms. The first-order chi connectivity index (χ1) is 8.46. The van der Waals surface area contributed by atoms with Crippen molar-refractivity contribution in [3.8, 4) is 0 Å². The van der Waals surface area contributed by atoms with Crippen molar-refractivity contribution in [2.45, 2.75) is 43.7 Å². The second kappa shape index (κ2) is 4.99. The Balaban J connectivity index is 2.39. The zero-order valence-electron chi connectivity index (χ0n) is 10.9. The molecule has 2 rings (SSSR count). The number of aryl methyl sites for hydroxylation is 1. The minimum Gasteiger partial charge on any atom is -0.326 e. The lowest BCUT2D eigenvalue weighted by Crippen LogP contribution is -2.41. The van der Waals surface area contributed by atoms with Crippen LogP contribution in [0.2, 0.25) is 0 Å². The Hall–Kier alpha value is -0.910. The van der Waals surface area contributed by atoms with Crippen molar-refractivity contribution in [3.05, 3.63) is 29.3 Å². The molecular formula is C13H20N2O2S. The predicted octanol–water partition coefficient (Wildman–Crippen LogP) is 1.63. The first-order valence-corrected chi connectivity index (χ1v) is 7.68. The van der Waals surface area contributed by atoms with Crippen molar-refractivity contribution >= 4 is 10.0 Å². The van der Waals surface area contributed by atoms with Crippen LogP contribution in [0, 0.1) is 6.92 Å². The fourth-order valence-electron chi connectivity index (χ4n) is 2.15. The molecule has 1 aliphatic carbocycles. The van der Waals surface area contributed by atoms with Crippen LogP contribution in [-0.4, -0.2) is 25.8 Å². The summed E-state index contributed by atoms with van der Waals surface area (Å²) in [7, 11) is -1.71. The monoisotopic (exact) mass is 268 g/mol. The minimum absolute atomic E-state index is 0.163. The maximum atomic E-state index is 12.5. The molecule has 1 aromatic rings. The molecule has 1 saturated carbocycles. The van der Waals surface area contributed by atoms with Gasteiger partial charge in [-0.05, 0) is 37.0 Å². The Kier molecular flexibility index (Phi) is 3.75. The topological polar surface area (TPSA) is 63.4 Å². The van der Waals surface area contributed by atoms with Gasteiger partial charge >= 0.3 is 0 Å². The minimum atomic E-state index is -3.38. The van der Waals surface area contributed by atoms with Gasteiger partial charge < -0.3 is 5.73 Å². The van der Waals surface area contributed by atoms with Gasteiger partial charge in [0, 0.05) is 19.6 Å². The molecule has 0 amide bonds. The maximum Gasteiger partial charge on any atom is 0.243 e. The number of rotatable bonds is 4. The summed E-state index contributed by atoms with van der Waals surface area (Å²) in [5.41, 5.74) is 7.20. The maximum absolute atomic E-state index is 12.5. The number of sulfonamides is 1. The van der Waals surface area contributed by atoms with Crippen molar-refractivity contribution in [1.82, 2.24) is 4.31 Å². The average Bonchev–Trinajstić information content (AvgIpc) is 2.27. The smallest absolute Gasteiger partial charge is 0.243 e. The lowest BCUT2D eigenvalue weighted by Gasteiger charge is -2.34. The lowest BCUT2D eigenvalue weighted by atomic mass is 9.94. The van der Waals surface area contributed by atoms with Crippen molar-refractivity contribution in [2.75, 3.05) is 7.05 Å². The molecule has 0 unspecified atom stereocenters. The number of hydrogen-bond donors (Lipinski definition) is 1. The Morgan fingerprint density at radius 2 is 2.06 bits per heavy atom. The van der Waals surface area contributed by atoms with Crippen LogP contribution >= 0.6 is 0 Å². The van der Waals surface area contributed by atoms with E-state index in [1.165, 1.54) is 4.31 Å². The molecule has 0 heterocycles. The van der Waals surface area contributed by atoms with Gasteiger partial charge in [-0.3, -0.25) is 0 Å². The molecule has 4 nitrogen and oxygen atoms in total. The molecule has 100 valence electrons. The quantitative estimate of drug-likeness (QED) is 0.902. The second-order valence-corrected chi connectivity index (χ2v) is 6.88. The molecule has 0 aromatic heterocycles. The van der Waals surface area contributed by atoms with E-state index in [4.69, 9.17) is 5.73 Å². The van der Waals surface area contributed by atoms with E-state index in [9.17, 15) is 8.42 Å². The highest BCUT2D eigenvalue weighted by molar-refractivity contribution is 7.89. The lowest BCUT2D eigenvalue weighted by molar-refractivity contribution is 0.249. The van der Waals surface area contributed by atoms with E-state index in [1.54, 1.807) is 13.1 Å². The van der Waals surface area contributed by atoms with Crippen LogP contribution in [0.25, 0.3) is 0 Å². The second-order valence-electron chi connectivity index (χ2n) is 4.91. The third-order valence-corrected chi connectivity index (χ3v) is 5.79. The largest absolute Gasteiger partial charge is 0.326 e. The van der Waals surface area contributed by atoms with Gasteiger partial charge in [-0.25, -0.2) is 8.42 Å². The average molecular weight is 268 g/mol. The van der Waals surface area contributed by atoms with Crippen LogP contribution in [0.3, 0.4) is 0 Å². The van der Waals surface area contributed by atoms with Gasteiger partial charge in [-0.1, -0.05) is 18.6 Å². The normalized spacial score (nSPS) is 16.9. The highest BCUT2D eigenvalue weighted by atomic mass is 32.2. The zero-order chi connectivity index (χ0) is 13.3. The van der Waals surface area contributed by atoms with Crippen LogP contribution in [0.15, 0.2) is 23.1 Å². The molecule has 1 aromatic carbocycles. The predicted molar refractivity (Wildman–Crippen MR) is 71.7 cm³/mol. The fraction of sp³-hybridized carbons (Fsp3) is 0.538. The zero-order valence-corrected chi connectivity index (χ0v) is 11.7. The molecule has 0 radical (unpaired) electrons. The molecular weight excluding hydrogens is 248 g/mol. The van der Waals surface area contributed by atoms with Crippen LogP contribution in [-0.2, 0) is 16.6 Å². The molecule has 0 saturated heterocycles. The molecule has 0 spiro atoms. The van der Waals surface area contributed by atoms with E-state index < -0.39 is 10.0 Å². The van der Waals surface area contributed by atoms with E-state index in [2.05, 4.69) is 0 Å². The summed E-state index contributed by atoms with van der Waals surface area (Å²) < 4.78 is 26.6. The summed E-state index contributed by atoms with van der Waals surface area (Å²) in [6.45, 7) is 2.18. The van der Waals surface area contributed by atoms with Crippen LogP contribution in [0.5, 0.6) is 0 Å². The standard InChI is InChI=1S/C13H20N2O2S/c1-10-6-7-11(9-14)8-13(10)18(16,17)15(2)12-4-3-5-12/h6-8,12H,3-5,9,14H2,1-2H3. The summed E-state index contributed by atoms with van der Waals surface area (Å²) >= 11 is 0. The summed E-state index contributed by atoms with van der Waals surface area (Å²) in [6.07, 6.45) is 3.04. The molecule has 0 atom stereocenters. The number of nitrogens with two attached hydrogens (primary N) is 1. The van der Waals surface area contributed by atoms with E-state index in [-0.39, 0.29) is 6.04 Å².